The Bertz CT molecular complexity index is 1300. The first-order valence-electron chi connectivity index (χ1n) is 9.29. The van der Waals surface area contributed by atoms with Gasteiger partial charge in [-0.3, -0.25) is 9.36 Å². The van der Waals surface area contributed by atoms with Crippen molar-refractivity contribution in [2.45, 2.75) is 13.0 Å². The molecule has 0 atom stereocenters. The number of pyridine rings is 2. The molecule has 0 radical (unpaired) electrons. The van der Waals surface area contributed by atoms with Crippen LogP contribution in [0.25, 0.3) is 16.7 Å². The number of halogens is 3. The molecule has 0 spiro atoms. The van der Waals surface area contributed by atoms with Crippen molar-refractivity contribution >= 4 is 40.0 Å². The first-order chi connectivity index (χ1) is 14.6. The number of hydrogen-bond acceptors (Lipinski definition) is 6. The highest BCUT2D eigenvalue weighted by Gasteiger charge is 2.31. The van der Waals surface area contributed by atoms with Crippen molar-refractivity contribution in [3.63, 3.8) is 0 Å². The highest BCUT2D eigenvalue weighted by Crippen LogP contribution is 2.38. The number of nitrogens with two attached hydrogens (primary N) is 1. The van der Waals surface area contributed by atoms with E-state index in [1.807, 2.05) is 0 Å². The molecule has 0 saturated carbocycles. The van der Waals surface area contributed by atoms with Gasteiger partial charge in [0.05, 0.1) is 21.6 Å². The summed E-state index contributed by atoms with van der Waals surface area (Å²) in [4.78, 5) is 30.2. The van der Waals surface area contributed by atoms with Crippen LogP contribution >= 0.6 is 11.6 Å². The molecule has 4 N–H and O–H groups in total. The van der Waals surface area contributed by atoms with Crippen LogP contribution < -0.4 is 21.4 Å². The average Bonchev–Trinajstić information content (AvgIpc) is 2.67. The van der Waals surface area contributed by atoms with E-state index in [-0.39, 0.29) is 33.5 Å². The van der Waals surface area contributed by atoms with Gasteiger partial charge in [0.1, 0.15) is 17.2 Å². The number of hydrogen-bond donors (Lipinski definition) is 3. The molecule has 1 aromatic carbocycles. The number of anilines is 2. The van der Waals surface area contributed by atoms with Gasteiger partial charge < -0.3 is 21.1 Å². The Morgan fingerprint density at radius 2 is 2.00 bits per heavy atom. The fourth-order valence-electron chi connectivity index (χ4n) is 3.69. The number of aryl methyl sites for hydroxylation is 1. The molecular formula is C20H18ClF2N5O3. The van der Waals surface area contributed by atoms with Crippen molar-refractivity contribution < 1.29 is 18.7 Å². The number of nitrogens with one attached hydrogen (secondary N) is 1. The summed E-state index contributed by atoms with van der Waals surface area (Å²) in [5, 5.41) is 12.2. The molecule has 162 valence electrons. The minimum atomic E-state index is -1.51. The standard InChI is InChI=1S/C20H18ClF2N5O3/c1-8-3-13(23)18(24)26-19(8)28-7-11(20(30)31)17(29)10-4-12(22)16(14(21)15(10)28)27-5-9(6-27)25-2/h3-4,7,9,25H,5-6H2,1-2H3,(H2,24,26)(H,30,31). The van der Waals surface area contributed by atoms with Crippen molar-refractivity contribution in [3.05, 3.63) is 56.3 Å². The molecule has 1 aliphatic rings. The first kappa shape index (κ1) is 21.0. The summed E-state index contributed by atoms with van der Waals surface area (Å²) in [7, 11) is 1.79. The second kappa shape index (κ2) is 7.47. The molecule has 1 fully saturated rings. The van der Waals surface area contributed by atoms with E-state index in [1.165, 1.54) is 4.57 Å². The zero-order chi connectivity index (χ0) is 22.6. The summed E-state index contributed by atoms with van der Waals surface area (Å²) >= 11 is 6.59. The zero-order valence-corrected chi connectivity index (χ0v) is 17.3. The van der Waals surface area contributed by atoms with Crippen LogP contribution in [0.4, 0.5) is 20.3 Å². The Hall–Kier alpha value is -3.24. The van der Waals surface area contributed by atoms with Gasteiger partial charge in [-0.05, 0) is 31.7 Å². The molecule has 0 unspecified atom stereocenters. The number of aromatic carboxylic acids is 1. The second-order valence-corrected chi connectivity index (χ2v) is 7.73. The van der Waals surface area contributed by atoms with Crippen LogP contribution in [0, 0.1) is 18.6 Å². The highest BCUT2D eigenvalue weighted by molar-refractivity contribution is 6.38. The number of carboxylic acids is 1. The molecule has 8 nitrogen and oxygen atoms in total. The largest absolute Gasteiger partial charge is 0.477 e. The van der Waals surface area contributed by atoms with Crippen LogP contribution in [-0.2, 0) is 0 Å². The molecule has 11 heteroatoms. The van der Waals surface area contributed by atoms with Gasteiger partial charge >= 0.3 is 5.97 Å². The lowest BCUT2D eigenvalue weighted by atomic mass is 10.0. The summed E-state index contributed by atoms with van der Waals surface area (Å²) in [5.41, 5.74) is 4.57. The number of likely N-dealkylation sites (N-methyl/N-ethyl adjacent to an activating group) is 1. The molecule has 2 aromatic heterocycles. The van der Waals surface area contributed by atoms with Crippen molar-refractivity contribution in [3.8, 4) is 5.82 Å². The normalized spacial score (nSPS) is 14.2. The van der Waals surface area contributed by atoms with Gasteiger partial charge in [-0.25, -0.2) is 18.6 Å². The number of aromatic nitrogens is 2. The summed E-state index contributed by atoms with van der Waals surface area (Å²) in [6, 6.07) is 2.26. The second-order valence-electron chi connectivity index (χ2n) is 7.35. The minimum absolute atomic E-state index is 0.0579. The monoisotopic (exact) mass is 449 g/mol. The van der Waals surface area contributed by atoms with Gasteiger partial charge in [0, 0.05) is 25.3 Å². The third-order valence-corrected chi connectivity index (χ3v) is 5.75. The highest BCUT2D eigenvalue weighted by atomic mass is 35.5. The van der Waals surface area contributed by atoms with E-state index in [0.717, 1.165) is 18.3 Å². The molecule has 4 rings (SSSR count). The van der Waals surface area contributed by atoms with E-state index < -0.39 is 34.4 Å². The predicted molar refractivity (Wildman–Crippen MR) is 113 cm³/mol. The third kappa shape index (κ3) is 3.28. The summed E-state index contributed by atoms with van der Waals surface area (Å²) in [5.74, 6) is -3.35. The topological polar surface area (TPSA) is 113 Å². The van der Waals surface area contributed by atoms with E-state index in [2.05, 4.69) is 10.3 Å². The number of carbonyl (C=O) groups is 1. The fraction of sp³-hybridized carbons (Fsp3) is 0.250. The van der Waals surface area contributed by atoms with Crippen molar-refractivity contribution in [1.82, 2.24) is 14.9 Å². The molecule has 3 heterocycles. The number of nitrogens with zero attached hydrogens (tertiary/aromatic N) is 3. The molecule has 1 aliphatic heterocycles. The van der Waals surface area contributed by atoms with Crippen molar-refractivity contribution in [2.24, 2.45) is 0 Å². The van der Waals surface area contributed by atoms with E-state index >= 15 is 0 Å². The maximum absolute atomic E-state index is 15.0. The molecule has 3 aromatic rings. The lowest BCUT2D eigenvalue weighted by molar-refractivity contribution is 0.0695. The molecule has 31 heavy (non-hydrogen) atoms. The van der Waals surface area contributed by atoms with Crippen LogP contribution in [0.5, 0.6) is 0 Å². The molecule has 1 saturated heterocycles. The number of carboxylic acid groups (broad SMARTS) is 1. The smallest absolute Gasteiger partial charge is 0.341 e. The van der Waals surface area contributed by atoms with E-state index in [0.29, 0.717) is 18.7 Å². The molecular weight excluding hydrogens is 432 g/mol. The Morgan fingerprint density at radius 1 is 1.32 bits per heavy atom. The van der Waals surface area contributed by atoms with Gasteiger partial charge in [0.2, 0.25) is 5.43 Å². The Kier molecular flexibility index (Phi) is 5.06. The molecule has 0 amide bonds. The van der Waals surface area contributed by atoms with Gasteiger partial charge in [-0.2, -0.15) is 0 Å². The first-order valence-corrected chi connectivity index (χ1v) is 9.67. The number of benzene rings is 1. The number of fused-ring (bicyclic) bond motifs is 1. The van der Waals surface area contributed by atoms with E-state index in [9.17, 15) is 23.5 Å². The number of rotatable bonds is 4. The third-order valence-electron chi connectivity index (χ3n) is 5.39. The van der Waals surface area contributed by atoms with Crippen molar-refractivity contribution in [2.75, 3.05) is 30.8 Å². The quantitative estimate of drug-likeness (QED) is 0.560. The molecule has 0 bridgehead atoms. The Labute approximate surface area is 179 Å². The lowest BCUT2D eigenvalue weighted by Gasteiger charge is -2.41. The zero-order valence-electron chi connectivity index (χ0n) is 16.5. The maximum atomic E-state index is 15.0. The fourth-order valence-corrected chi connectivity index (χ4v) is 4.09. The van der Waals surface area contributed by atoms with Crippen LogP contribution in [0.15, 0.2) is 23.1 Å². The average molecular weight is 450 g/mol. The SMILES string of the molecule is CNC1CN(c2c(F)cc3c(=O)c(C(=O)O)cn(-c4nc(N)c(F)cc4C)c3c2Cl)C1. The summed E-state index contributed by atoms with van der Waals surface area (Å²) < 4.78 is 30.1. The van der Waals surface area contributed by atoms with Gasteiger partial charge in [-0.1, -0.05) is 11.6 Å². The van der Waals surface area contributed by atoms with Crippen LogP contribution in [0.1, 0.15) is 15.9 Å². The van der Waals surface area contributed by atoms with Gasteiger partial charge in [-0.15, -0.1) is 0 Å². The summed E-state index contributed by atoms with van der Waals surface area (Å²) in [6.07, 6.45) is 1.04. The Balaban J connectivity index is 2.09. The Morgan fingerprint density at radius 3 is 2.61 bits per heavy atom. The van der Waals surface area contributed by atoms with Gasteiger partial charge in [0.25, 0.3) is 0 Å². The summed E-state index contributed by atoms with van der Waals surface area (Å²) in [6.45, 7) is 2.54. The van der Waals surface area contributed by atoms with E-state index in [1.54, 1.807) is 18.9 Å². The molecule has 0 aliphatic carbocycles. The van der Waals surface area contributed by atoms with Crippen LogP contribution in [0.2, 0.25) is 5.02 Å². The van der Waals surface area contributed by atoms with E-state index in [4.69, 9.17) is 17.3 Å². The lowest BCUT2D eigenvalue weighted by Crippen LogP contribution is -2.57. The predicted octanol–water partition coefficient (Wildman–Crippen LogP) is 2.31. The minimum Gasteiger partial charge on any atom is -0.477 e. The van der Waals surface area contributed by atoms with Gasteiger partial charge in [0.15, 0.2) is 11.6 Å². The maximum Gasteiger partial charge on any atom is 0.341 e. The number of nitrogen functional groups attached to an aromatic ring is 1. The van der Waals surface area contributed by atoms with Crippen LogP contribution in [-0.4, -0.2) is 46.8 Å². The van der Waals surface area contributed by atoms with Crippen LogP contribution in [0.3, 0.4) is 0 Å². The van der Waals surface area contributed by atoms with Crippen molar-refractivity contribution in [1.29, 1.82) is 0 Å².